The molecule has 139 heavy (non-hydrogen) atoms. The van der Waals surface area contributed by atoms with Crippen LogP contribution in [0.5, 0.6) is 0 Å². The van der Waals surface area contributed by atoms with Gasteiger partial charge in [0.15, 0.2) is 0 Å². The number of rotatable bonds is 62. The van der Waals surface area contributed by atoms with Crippen LogP contribution in [-0.2, 0) is 112 Å². The molecule has 2 aliphatic heterocycles. The molecule has 53 heteroatoms. The summed E-state index contributed by atoms with van der Waals surface area (Å²) in [5.74, 6) is -25.5. The van der Waals surface area contributed by atoms with E-state index in [-0.39, 0.29) is 95.0 Å². The second kappa shape index (κ2) is 60.2. The third kappa shape index (κ3) is 40.3. The van der Waals surface area contributed by atoms with Crippen LogP contribution in [0.3, 0.4) is 0 Å². The van der Waals surface area contributed by atoms with Gasteiger partial charge in [-0.05, 0) is 128 Å². The number of hydrogen-bond acceptors (Lipinski definition) is 30. The highest BCUT2D eigenvalue weighted by Crippen LogP contribution is 2.27. The number of carboxylic acids is 2. The molecule has 3 heterocycles. The van der Waals surface area contributed by atoms with E-state index in [9.17, 15) is 136 Å². The summed E-state index contributed by atoms with van der Waals surface area (Å²) in [6.07, 6.45) is 0.627. The molecule has 0 aliphatic carbocycles. The molecule has 20 atom stereocenters. The van der Waals surface area contributed by atoms with E-state index in [0.29, 0.717) is 25.7 Å². The Balaban J connectivity index is 1.78. The number of carboxylic acid groups (broad SMARTS) is 2. The van der Waals surface area contributed by atoms with E-state index in [1.807, 2.05) is 5.32 Å². The fraction of sp³-hybridized carbons (Fsp3) is 0.709. The molecule has 2 aliphatic rings. The van der Waals surface area contributed by atoms with Crippen molar-refractivity contribution in [3.05, 3.63) is 18.2 Å². The lowest BCUT2D eigenvalue weighted by molar-refractivity contribution is -0.148. The predicted octanol–water partition coefficient (Wildman–Crippen LogP) is -11.1. The number of nitrogens with one attached hydrogen (secondary N) is 18. The monoisotopic (exact) mass is 1980 g/mol. The molecule has 2 fully saturated rings. The summed E-state index contributed by atoms with van der Waals surface area (Å²) in [4.78, 5) is 308. The number of nitrogens with two attached hydrogens (primary N) is 3. The number of aromatic amines is 1. The van der Waals surface area contributed by atoms with Gasteiger partial charge in [-0.25, -0.2) is 9.78 Å². The molecule has 0 radical (unpaired) electrons. The quantitative estimate of drug-likeness (QED) is 0.0269. The van der Waals surface area contributed by atoms with E-state index in [1.54, 1.807) is 55.4 Å². The lowest BCUT2D eigenvalue weighted by Gasteiger charge is -2.33. The van der Waals surface area contributed by atoms with Crippen LogP contribution in [-0.4, -0.2) is 360 Å². The zero-order valence-electron chi connectivity index (χ0n) is 80.7. The average Bonchev–Trinajstić information content (AvgIpc) is 1.61. The molecule has 0 saturated carbocycles. The Morgan fingerprint density at radius 2 is 0.863 bits per heavy atom. The third-order valence-electron chi connectivity index (χ3n) is 22.7. The second-order valence-electron chi connectivity index (χ2n) is 36.0. The van der Waals surface area contributed by atoms with Crippen molar-refractivity contribution in [2.45, 2.75) is 301 Å². The fourth-order valence-electron chi connectivity index (χ4n) is 14.8. The number of aromatic nitrogens is 2. The van der Waals surface area contributed by atoms with E-state index >= 15 is 0 Å². The lowest BCUT2D eigenvalue weighted by atomic mass is 9.95. The number of aliphatic carboxylic acids is 2. The summed E-state index contributed by atoms with van der Waals surface area (Å²) in [5.41, 5.74) is 16.9. The molecule has 53 nitrogen and oxygen atoms in total. The zero-order chi connectivity index (χ0) is 105. The number of aliphatic hydroxyl groups excluding tert-OH is 5. The smallest absolute Gasteiger partial charge is 0.328 e. The number of carbonyl (C=O) groups excluding carboxylic acids is 20. The van der Waals surface area contributed by atoms with E-state index in [4.69, 9.17) is 22.3 Å². The molecule has 20 amide bonds. The number of H-pyrrole nitrogens is 1. The molecule has 782 valence electrons. The first-order chi connectivity index (χ1) is 65.3. The minimum absolute atomic E-state index is 0.00718. The van der Waals surface area contributed by atoms with Gasteiger partial charge in [-0.2, -0.15) is 0 Å². The number of amides is 20. The van der Waals surface area contributed by atoms with E-state index in [2.05, 4.69) is 95.0 Å². The Bertz CT molecular complexity index is 4370. The molecule has 0 unspecified atom stereocenters. The first-order valence-electron chi connectivity index (χ1n) is 46.3. The molecule has 0 spiro atoms. The SMILES string of the molecule is CC[C@H](C)[C@H](NC(=O)[C@H](CC(C)C)NC(=O)[C@H](CC(C)C)NC(=O)[C@H](CCCCN)NC(=O)[C@@H]1CCCN1C(=O)[C@@H]1CCCN1C(=O)[C@H](CCC(N)=O)NC(=O)CN)C(=O)N[C@@H](Cc1c[nH]cn1)C(=O)N[C@@H](CC(=O)O)C(=O)N[C@@H](C)C(=O)N[C@@H](CO)C(=O)N[C@H](C(=O)N[C@@H](CC(C)C)C(=O)N[C@@H](C)C(=O)N[C@@H](CO)C(=O)NCC(=O)N[C@H](C(=O)N[C@@H](CO)C(=O)N[C@@H](CO)C(=O)O)C(C)C)[C@@H](C)O. The summed E-state index contributed by atoms with van der Waals surface area (Å²) in [6, 6.07) is -28.3. The van der Waals surface area contributed by atoms with Gasteiger partial charge in [0.2, 0.25) is 118 Å². The number of primary amides is 1. The summed E-state index contributed by atoms with van der Waals surface area (Å²) in [7, 11) is 0. The molecule has 1 aromatic rings. The van der Waals surface area contributed by atoms with Crippen molar-refractivity contribution in [2.75, 3.05) is 59.2 Å². The minimum Gasteiger partial charge on any atom is -0.481 e. The Hall–Kier alpha value is -12.7. The van der Waals surface area contributed by atoms with Gasteiger partial charge in [0, 0.05) is 32.1 Å². The number of nitrogens with zero attached hydrogens (tertiary/aromatic N) is 3. The molecule has 3 rings (SSSR count). The number of hydrogen-bond donors (Lipinski definition) is 28. The molecule has 0 bridgehead atoms. The van der Waals surface area contributed by atoms with Crippen LogP contribution in [0.2, 0.25) is 0 Å². The maximum absolute atomic E-state index is 14.8. The van der Waals surface area contributed by atoms with Crippen LogP contribution >= 0.6 is 0 Å². The molecule has 31 N–H and O–H groups in total. The van der Waals surface area contributed by atoms with Gasteiger partial charge in [-0.15, -0.1) is 0 Å². The van der Waals surface area contributed by atoms with Gasteiger partial charge < -0.3 is 158 Å². The van der Waals surface area contributed by atoms with Gasteiger partial charge in [0.05, 0.1) is 64.1 Å². The average molecular weight is 1980 g/mol. The highest BCUT2D eigenvalue weighted by Gasteiger charge is 2.46. The molecule has 1 aromatic heterocycles. The Morgan fingerprint density at radius 3 is 1.34 bits per heavy atom. The highest BCUT2D eigenvalue weighted by atomic mass is 16.4. The second-order valence-corrected chi connectivity index (χ2v) is 36.0. The van der Waals surface area contributed by atoms with Gasteiger partial charge in [0.1, 0.15) is 109 Å². The predicted molar refractivity (Wildman–Crippen MR) is 490 cm³/mol. The van der Waals surface area contributed by atoms with Gasteiger partial charge >= 0.3 is 11.9 Å². The number of imidazole rings is 1. The van der Waals surface area contributed by atoms with E-state index in [0.717, 1.165) is 20.8 Å². The zero-order valence-corrected chi connectivity index (χ0v) is 80.7. The first-order valence-corrected chi connectivity index (χ1v) is 46.3. The molecular formula is C86H144N24O29. The normalized spacial score (nSPS) is 17.4. The first kappa shape index (κ1) is 120. The fourth-order valence-corrected chi connectivity index (χ4v) is 14.8. The van der Waals surface area contributed by atoms with Crippen molar-refractivity contribution in [1.29, 1.82) is 0 Å². The number of aliphatic hydroxyl groups is 5. The standard InChI is InChI=1S/C86H144N24O29/c1-14-44(10)67(107-77(129)53(29-42(6)7)98-75(127)52(28-41(4)5)97-72(124)49(19-15-16-24-87)96-80(132)60-20-17-25-109(60)85(137)61-21-18-26-110(61)84(136)50(22-23-62(89)116)95-63(117)32-88)82(134)101-54(30-48-33-90-39-92-48)76(128)99-55(31-65(119)120)74(126)94-46(12)70(122)103-58(37-113)79(131)108-68(47(13)115)83(135)100-51(27-40(2)3)73(125)93-45(11)69(121)102-56(35-111)71(123)91-34-64(118)106-66(43(8)9)81(133)104-57(36-112)78(130)105-59(38-114)86(138)139/h33,39-47,49-61,66-68,111-115H,14-32,34-38,87-88H2,1-13H3,(H2,89,116)(H,90,92)(H,91,123)(H,93,125)(H,94,126)(H,95,117)(H,96,132)(H,97,124)(H,98,127)(H,99,128)(H,100,135)(H,101,134)(H,102,121)(H,103,122)(H,104,133)(H,105,130)(H,106,118)(H,107,129)(H,108,131)(H,119,120)(H,138,139)/t44-,45-,46-,47+,49-,50-,51-,52-,53-,54-,55-,56-,57-,58-,59-,60-,61-,66-,67-,68-/m0/s1. The summed E-state index contributed by atoms with van der Waals surface area (Å²) >= 11 is 0. The van der Waals surface area contributed by atoms with Crippen molar-refractivity contribution in [2.24, 2.45) is 46.8 Å². The van der Waals surface area contributed by atoms with Crippen LogP contribution in [0.25, 0.3) is 0 Å². The van der Waals surface area contributed by atoms with Crippen molar-refractivity contribution in [1.82, 2.24) is 110 Å². The Labute approximate surface area is 803 Å². The van der Waals surface area contributed by atoms with Crippen LogP contribution in [0, 0.1) is 29.6 Å². The van der Waals surface area contributed by atoms with Crippen molar-refractivity contribution < 1.29 is 141 Å². The van der Waals surface area contributed by atoms with Crippen LogP contribution < -0.4 is 108 Å². The van der Waals surface area contributed by atoms with Gasteiger partial charge in [0.25, 0.3) is 0 Å². The van der Waals surface area contributed by atoms with Crippen molar-refractivity contribution >= 4 is 130 Å². The summed E-state index contributed by atoms with van der Waals surface area (Å²) in [6.45, 7) is 14.5. The van der Waals surface area contributed by atoms with Crippen LogP contribution in [0.4, 0.5) is 0 Å². The molecule has 0 aromatic carbocycles. The van der Waals surface area contributed by atoms with E-state index in [1.165, 1.54) is 36.2 Å². The number of unbranched alkanes of at least 4 members (excludes halogenated alkanes) is 1. The lowest BCUT2D eigenvalue weighted by Crippen LogP contribution is -2.62. The summed E-state index contributed by atoms with van der Waals surface area (Å²) in [5, 5.41) is 110. The van der Waals surface area contributed by atoms with Crippen molar-refractivity contribution in [3.63, 3.8) is 0 Å². The van der Waals surface area contributed by atoms with Gasteiger partial charge in [-0.3, -0.25) is 101 Å². The Kier molecular flexibility index (Phi) is 52.2. The van der Waals surface area contributed by atoms with Crippen LogP contribution in [0.1, 0.15) is 186 Å². The van der Waals surface area contributed by atoms with Crippen molar-refractivity contribution in [3.8, 4) is 0 Å². The minimum atomic E-state index is -2.06. The highest BCUT2D eigenvalue weighted by molar-refractivity contribution is 6.03. The number of carbonyl (C=O) groups is 22. The molecule has 2 saturated heterocycles. The Morgan fingerprint density at radius 1 is 0.439 bits per heavy atom. The third-order valence-corrected chi connectivity index (χ3v) is 22.7. The van der Waals surface area contributed by atoms with Crippen LogP contribution in [0.15, 0.2) is 12.5 Å². The van der Waals surface area contributed by atoms with E-state index < -0.39 is 315 Å². The molecular weight excluding hydrogens is 1830 g/mol. The number of likely N-dealkylation sites (tertiary alicyclic amines) is 2. The summed E-state index contributed by atoms with van der Waals surface area (Å²) < 4.78 is 0. The topological polar surface area (TPSA) is 835 Å². The maximum atomic E-state index is 14.8. The van der Waals surface area contributed by atoms with Gasteiger partial charge in [-0.1, -0.05) is 75.7 Å². The maximum Gasteiger partial charge on any atom is 0.328 e. The largest absolute Gasteiger partial charge is 0.481 e.